The normalized spacial score (nSPS) is 18.5. The molecule has 1 atom stereocenters. The van der Waals surface area contributed by atoms with Gasteiger partial charge in [0.25, 0.3) is 5.91 Å². The van der Waals surface area contributed by atoms with E-state index in [1.54, 1.807) is 19.1 Å². The summed E-state index contributed by atoms with van der Waals surface area (Å²) in [5, 5.41) is 3.09. The number of likely N-dealkylation sites (N-methyl/N-ethyl adjacent to an activating group) is 1. The minimum Gasteiger partial charge on any atom is -0.493 e. The second-order valence-corrected chi connectivity index (χ2v) is 5.65. The van der Waals surface area contributed by atoms with E-state index in [9.17, 15) is 4.79 Å². The number of halogens is 1. The predicted molar refractivity (Wildman–Crippen MR) is 80.1 cm³/mol. The van der Waals surface area contributed by atoms with E-state index in [1.807, 2.05) is 19.2 Å². The number of hydrogen-bond donors (Lipinski definition) is 1. The SMILES string of the molecule is CNCc1cc(Br)c(OC2CCN(C)C2=O)c(OC)c1. The van der Waals surface area contributed by atoms with Gasteiger partial charge in [0.05, 0.1) is 11.6 Å². The van der Waals surface area contributed by atoms with Crippen LogP contribution in [0.2, 0.25) is 0 Å². The van der Waals surface area contributed by atoms with E-state index in [4.69, 9.17) is 9.47 Å². The van der Waals surface area contributed by atoms with E-state index in [0.717, 1.165) is 23.1 Å². The Balaban J connectivity index is 2.25. The number of ether oxygens (including phenoxy) is 2. The second kappa shape index (κ2) is 6.45. The summed E-state index contributed by atoms with van der Waals surface area (Å²) < 4.78 is 12.0. The highest BCUT2D eigenvalue weighted by molar-refractivity contribution is 9.10. The van der Waals surface area contributed by atoms with Gasteiger partial charge >= 0.3 is 0 Å². The van der Waals surface area contributed by atoms with Crippen LogP contribution < -0.4 is 14.8 Å². The van der Waals surface area contributed by atoms with Gasteiger partial charge in [-0.2, -0.15) is 0 Å². The van der Waals surface area contributed by atoms with Gasteiger partial charge in [0.15, 0.2) is 17.6 Å². The highest BCUT2D eigenvalue weighted by atomic mass is 79.9. The topological polar surface area (TPSA) is 50.8 Å². The first kappa shape index (κ1) is 15.1. The molecule has 1 aliphatic rings. The molecule has 1 heterocycles. The molecule has 0 saturated carbocycles. The molecule has 1 fully saturated rings. The van der Waals surface area contributed by atoms with Crippen LogP contribution in [0, 0.1) is 0 Å². The summed E-state index contributed by atoms with van der Waals surface area (Å²) >= 11 is 3.49. The number of amides is 1. The third kappa shape index (κ3) is 3.07. The minimum absolute atomic E-state index is 0.0123. The molecule has 1 amide bonds. The van der Waals surface area contributed by atoms with E-state index in [1.165, 1.54) is 0 Å². The molecule has 1 N–H and O–H groups in total. The standard InChI is InChI=1S/C14H19BrN2O3/c1-16-8-9-6-10(15)13(12(7-9)19-3)20-11-4-5-17(2)14(11)18/h6-7,11,16H,4-5,8H2,1-3H3. The van der Waals surface area contributed by atoms with E-state index in [-0.39, 0.29) is 5.91 Å². The predicted octanol–water partition coefficient (Wildman–Crippen LogP) is 1.79. The number of nitrogens with one attached hydrogen (secondary N) is 1. The quantitative estimate of drug-likeness (QED) is 0.886. The lowest BCUT2D eigenvalue weighted by Gasteiger charge is -2.18. The molecule has 2 rings (SSSR count). The molecule has 0 spiro atoms. The van der Waals surface area contributed by atoms with Gasteiger partial charge in [-0.25, -0.2) is 0 Å². The van der Waals surface area contributed by atoms with Crippen molar-refractivity contribution >= 4 is 21.8 Å². The molecular weight excluding hydrogens is 324 g/mol. The van der Waals surface area contributed by atoms with Crippen LogP contribution in [-0.2, 0) is 11.3 Å². The van der Waals surface area contributed by atoms with Crippen molar-refractivity contribution in [3.05, 3.63) is 22.2 Å². The van der Waals surface area contributed by atoms with Crippen molar-refractivity contribution in [1.82, 2.24) is 10.2 Å². The molecule has 0 aliphatic carbocycles. The van der Waals surface area contributed by atoms with Gasteiger partial charge in [-0.1, -0.05) is 0 Å². The largest absolute Gasteiger partial charge is 0.493 e. The lowest BCUT2D eigenvalue weighted by Crippen LogP contribution is -2.29. The smallest absolute Gasteiger partial charge is 0.263 e. The molecule has 1 aliphatic heterocycles. The maximum Gasteiger partial charge on any atom is 0.263 e. The van der Waals surface area contributed by atoms with Crippen LogP contribution >= 0.6 is 15.9 Å². The summed E-state index contributed by atoms with van der Waals surface area (Å²) in [5.74, 6) is 1.23. The first-order valence-electron chi connectivity index (χ1n) is 6.49. The van der Waals surface area contributed by atoms with Gasteiger partial charge < -0.3 is 19.7 Å². The number of methoxy groups -OCH3 is 1. The zero-order valence-corrected chi connectivity index (χ0v) is 13.5. The number of benzene rings is 1. The zero-order valence-electron chi connectivity index (χ0n) is 11.9. The highest BCUT2D eigenvalue weighted by Crippen LogP contribution is 2.38. The average Bonchev–Trinajstić information content (AvgIpc) is 2.73. The Kier molecular flexibility index (Phi) is 4.88. The Morgan fingerprint density at radius 3 is 2.80 bits per heavy atom. The van der Waals surface area contributed by atoms with E-state index < -0.39 is 6.10 Å². The van der Waals surface area contributed by atoms with Crippen LogP contribution in [0.3, 0.4) is 0 Å². The van der Waals surface area contributed by atoms with E-state index in [2.05, 4.69) is 21.2 Å². The molecule has 1 aromatic carbocycles. The molecular formula is C14H19BrN2O3. The number of carbonyl (C=O) groups excluding carboxylic acids is 1. The number of hydrogen-bond acceptors (Lipinski definition) is 4. The van der Waals surface area contributed by atoms with Crippen molar-refractivity contribution in [2.24, 2.45) is 0 Å². The summed E-state index contributed by atoms with van der Waals surface area (Å²) in [5.41, 5.74) is 1.08. The molecule has 1 aromatic rings. The third-order valence-corrected chi connectivity index (χ3v) is 3.90. The van der Waals surface area contributed by atoms with Crippen molar-refractivity contribution in [3.8, 4) is 11.5 Å². The fraction of sp³-hybridized carbons (Fsp3) is 0.500. The van der Waals surface area contributed by atoms with Crippen LogP contribution in [-0.4, -0.2) is 44.7 Å². The third-order valence-electron chi connectivity index (χ3n) is 3.31. The lowest BCUT2D eigenvalue weighted by atomic mass is 10.2. The summed E-state index contributed by atoms with van der Waals surface area (Å²) in [6.45, 7) is 1.46. The summed E-state index contributed by atoms with van der Waals surface area (Å²) in [6.07, 6.45) is 0.267. The first-order chi connectivity index (χ1) is 9.56. The molecule has 5 nitrogen and oxygen atoms in total. The maximum atomic E-state index is 11.9. The monoisotopic (exact) mass is 342 g/mol. The Labute approximate surface area is 127 Å². The van der Waals surface area contributed by atoms with Crippen LogP contribution in [0.25, 0.3) is 0 Å². The van der Waals surface area contributed by atoms with Crippen molar-refractivity contribution in [2.45, 2.75) is 19.1 Å². The number of carbonyl (C=O) groups is 1. The summed E-state index contributed by atoms with van der Waals surface area (Å²) in [6, 6.07) is 3.89. The fourth-order valence-electron chi connectivity index (χ4n) is 2.24. The highest BCUT2D eigenvalue weighted by Gasteiger charge is 2.32. The van der Waals surface area contributed by atoms with Crippen LogP contribution in [0.4, 0.5) is 0 Å². The van der Waals surface area contributed by atoms with Crippen LogP contribution in [0.5, 0.6) is 11.5 Å². The van der Waals surface area contributed by atoms with E-state index >= 15 is 0 Å². The number of likely N-dealkylation sites (tertiary alicyclic amines) is 1. The van der Waals surface area contributed by atoms with Crippen LogP contribution in [0.15, 0.2) is 16.6 Å². The Bertz CT molecular complexity index is 507. The summed E-state index contributed by atoms with van der Waals surface area (Å²) in [4.78, 5) is 13.6. The lowest BCUT2D eigenvalue weighted by molar-refractivity contribution is -0.132. The molecule has 0 bridgehead atoms. The fourth-order valence-corrected chi connectivity index (χ4v) is 2.82. The maximum absolute atomic E-state index is 11.9. The summed E-state index contributed by atoms with van der Waals surface area (Å²) in [7, 11) is 5.27. The van der Waals surface area contributed by atoms with Crippen molar-refractivity contribution in [3.63, 3.8) is 0 Å². The molecule has 110 valence electrons. The van der Waals surface area contributed by atoms with Gasteiger partial charge in [0, 0.05) is 26.6 Å². The Morgan fingerprint density at radius 1 is 1.50 bits per heavy atom. The minimum atomic E-state index is -0.430. The van der Waals surface area contributed by atoms with E-state index in [0.29, 0.717) is 17.9 Å². The van der Waals surface area contributed by atoms with Gasteiger partial charge in [0.2, 0.25) is 0 Å². The van der Waals surface area contributed by atoms with Crippen molar-refractivity contribution in [1.29, 1.82) is 0 Å². The Hall–Kier alpha value is -1.27. The van der Waals surface area contributed by atoms with Crippen molar-refractivity contribution in [2.75, 3.05) is 27.7 Å². The Morgan fingerprint density at radius 2 is 2.25 bits per heavy atom. The van der Waals surface area contributed by atoms with Crippen LogP contribution in [0.1, 0.15) is 12.0 Å². The molecule has 1 unspecified atom stereocenters. The molecule has 20 heavy (non-hydrogen) atoms. The zero-order chi connectivity index (χ0) is 14.7. The number of nitrogens with zero attached hydrogens (tertiary/aromatic N) is 1. The average molecular weight is 343 g/mol. The second-order valence-electron chi connectivity index (χ2n) is 4.79. The first-order valence-corrected chi connectivity index (χ1v) is 7.28. The molecule has 1 saturated heterocycles. The molecule has 6 heteroatoms. The van der Waals surface area contributed by atoms with Gasteiger partial charge in [-0.05, 0) is 40.7 Å². The number of rotatable bonds is 5. The molecule has 0 aromatic heterocycles. The van der Waals surface area contributed by atoms with Gasteiger partial charge in [-0.3, -0.25) is 4.79 Å². The van der Waals surface area contributed by atoms with Gasteiger partial charge in [0.1, 0.15) is 0 Å². The van der Waals surface area contributed by atoms with Gasteiger partial charge in [-0.15, -0.1) is 0 Å². The molecule has 0 radical (unpaired) electrons. The van der Waals surface area contributed by atoms with Crippen molar-refractivity contribution < 1.29 is 14.3 Å².